The fourth-order valence-electron chi connectivity index (χ4n) is 2.77. The number of hydrogen-bond acceptors (Lipinski definition) is 3. The van der Waals surface area contributed by atoms with Crippen LogP contribution in [-0.4, -0.2) is 33.8 Å². The van der Waals surface area contributed by atoms with Gasteiger partial charge in [-0.3, -0.25) is 9.67 Å². The van der Waals surface area contributed by atoms with Crippen LogP contribution in [0.3, 0.4) is 0 Å². The molecule has 2 N–H and O–H groups in total. The number of nitrogens with one attached hydrogen (secondary N) is 2. The minimum absolute atomic E-state index is 0.631. The molecule has 2 aromatic heterocycles. The number of benzene rings is 1. The maximum atomic E-state index is 4.70. The van der Waals surface area contributed by atoms with Crippen molar-refractivity contribution in [1.29, 1.82) is 0 Å². The third-order valence-electron chi connectivity index (χ3n) is 4.06. The first-order valence-corrected chi connectivity index (χ1v) is 9.31. The highest BCUT2D eigenvalue weighted by Crippen LogP contribution is 2.08. The average Bonchev–Trinajstić information content (AvgIpc) is 3.20. The van der Waals surface area contributed by atoms with Crippen LogP contribution in [0.4, 0.5) is 0 Å². The summed E-state index contributed by atoms with van der Waals surface area (Å²) >= 11 is 0. The minimum atomic E-state index is 0.631. The summed E-state index contributed by atoms with van der Waals surface area (Å²) in [6, 6.07) is 16.4. The molecule has 0 spiro atoms. The second-order valence-electron chi connectivity index (χ2n) is 6.22. The zero-order valence-electron chi connectivity index (χ0n) is 15.7. The van der Waals surface area contributed by atoms with Crippen molar-refractivity contribution in [3.8, 4) is 0 Å². The molecule has 0 saturated heterocycles. The highest BCUT2D eigenvalue weighted by molar-refractivity contribution is 5.79. The Morgan fingerprint density at radius 1 is 1.04 bits per heavy atom. The van der Waals surface area contributed by atoms with Crippen LogP contribution >= 0.6 is 0 Å². The monoisotopic (exact) mass is 362 g/mol. The number of nitrogens with zero attached hydrogens (tertiary/aromatic N) is 4. The largest absolute Gasteiger partial charge is 0.357 e. The van der Waals surface area contributed by atoms with E-state index >= 15 is 0 Å². The van der Waals surface area contributed by atoms with Crippen LogP contribution in [0.15, 0.2) is 72.1 Å². The van der Waals surface area contributed by atoms with Gasteiger partial charge in [0.1, 0.15) is 0 Å². The average molecular weight is 362 g/mol. The molecular formula is C21H26N6. The van der Waals surface area contributed by atoms with E-state index in [0.717, 1.165) is 37.7 Å². The molecule has 0 unspecified atom stereocenters. The van der Waals surface area contributed by atoms with Gasteiger partial charge in [0.2, 0.25) is 0 Å². The number of aromatic nitrogens is 3. The Balaban J connectivity index is 1.55. The molecule has 0 amide bonds. The van der Waals surface area contributed by atoms with E-state index in [1.165, 1.54) is 11.1 Å². The second-order valence-corrected chi connectivity index (χ2v) is 6.22. The molecule has 140 valence electrons. The Kier molecular flexibility index (Phi) is 6.98. The molecule has 3 rings (SSSR count). The lowest BCUT2D eigenvalue weighted by molar-refractivity contribution is 0.686. The van der Waals surface area contributed by atoms with Gasteiger partial charge in [-0.25, -0.2) is 4.99 Å². The number of pyridine rings is 1. The van der Waals surface area contributed by atoms with Gasteiger partial charge < -0.3 is 10.6 Å². The maximum Gasteiger partial charge on any atom is 0.191 e. The quantitative estimate of drug-likeness (QED) is 0.477. The van der Waals surface area contributed by atoms with Crippen molar-refractivity contribution in [3.05, 3.63) is 83.9 Å². The highest BCUT2D eigenvalue weighted by Gasteiger charge is 2.01. The molecule has 6 heteroatoms. The Morgan fingerprint density at radius 3 is 2.74 bits per heavy atom. The first-order chi connectivity index (χ1) is 13.3. The summed E-state index contributed by atoms with van der Waals surface area (Å²) in [6.07, 6.45) is 6.46. The van der Waals surface area contributed by atoms with Crippen molar-refractivity contribution in [2.45, 2.75) is 26.4 Å². The zero-order chi connectivity index (χ0) is 18.7. The van der Waals surface area contributed by atoms with Gasteiger partial charge in [0, 0.05) is 43.8 Å². The van der Waals surface area contributed by atoms with Crippen LogP contribution < -0.4 is 10.6 Å². The van der Waals surface area contributed by atoms with Gasteiger partial charge in [0.05, 0.1) is 13.1 Å². The van der Waals surface area contributed by atoms with Gasteiger partial charge in [-0.15, -0.1) is 0 Å². The molecular weight excluding hydrogens is 336 g/mol. The topological polar surface area (TPSA) is 67.1 Å². The van der Waals surface area contributed by atoms with Crippen LogP contribution in [0.2, 0.25) is 0 Å². The lowest BCUT2D eigenvalue weighted by Gasteiger charge is -2.11. The van der Waals surface area contributed by atoms with Gasteiger partial charge in [0.25, 0.3) is 0 Å². The van der Waals surface area contributed by atoms with Gasteiger partial charge in [0.15, 0.2) is 5.96 Å². The third-order valence-corrected chi connectivity index (χ3v) is 4.06. The van der Waals surface area contributed by atoms with E-state index in [4.69, 9.17) is 4.99 Å². The first kappa shape index (κ1) is 18.6. The Morgan fingerprint density at radius 2 is 1.96 bits per heavy atom. The standard InChI is InChI=1S/C21H26N6/c1-2-22-21(24-13-10-20-9-3-4-11-23-20)25-16-18-7-5-8-19(15-18)17-27-14-6-12-26-27/h3-9,11-12,14-15H,2,10,13,16-17H2,1H3,(H2,22,24,25). The normalized spacial score (nSPS) is 11.4. The van der Waals surface area contributed by atoms with Gasteiger partial charge in [-0.1, -0.05) is 30.3 Å². The second kappa shape index (κ2) is 10.1. The molecule has 3 aromatic rings. The number of hydrogen-bond donors (Lipinski definition) is 2. The molecule has 0 atom stereocenters. The van der Waals surface area contributed by atoms with Gasteiger partial charge in [-0.05, 0) is 36.2 Å². The summed E-state index contributed by atoms with van der Waals surface area (Å²) in [6.45, 7) is 5.09. The van der Waals surface area contributed by atoms with E-state index in [9.17, 15) is 0 Å². The minimum Gasteiger partial charge on any atom is -0.357 e. The molecule has 0 saturated carbocycles. The maximum absolute atomic E-state index is 4.70. The zero-order valence-corrected chi connectivity index (χ0v) is 15.7. The molecule has 2 heterocycles. The van der Waals surface area contributed by atoms with E-state index in [1.54, 1.807) is 6.20 Å². The Hall–Kier alpha value is -3.15. The van der Waals surface area contributed by atoms with Crippen molar-refractivity contribution in [2.75, 3.05) is 13.1 Å². The summed E-state index contributed by atoms with van der Waals surface area (Å²) < 4.78 is 1.92. The number of guanidine groups is 1. The van der Waals surface area contributed by atoms with Crippen LogP contribution in [-0.2, 0) is 19.5 Å². The predicted molar refractivity (Wildman–Crippen MR) is 109 cm³/mol. The van der Waals surface area contributed by atoms with Gasteiger partial charge in [-0.2, -0.15) is 5.10 Å². The summed E-state index contributed by atoms with van der Waals surface area (Å²) in [7, 11) is 0. The van der Waals surface area contributed by atoms with Crippen LogP contribution in [0.5, 0.6) is 0 Å². The van der Waals surface area contributed by atoms with Crippen molar-refractivity contribution in [2.24, 2.45) is 4.99 Å². The Bertz CT molecular complexity index is 827. The smallest absolute Gasteiger partial charge is 0.191 e. The molecule has 0 aliphatic carbocycles. The van der Waals surface area contributed by atoms with Crippen LogP contribution in [0, 0.1) is 0 Å². The van der Waals surface area contributed by atoms with E-state index in [1.807, 2.05) is 41.3 Å². The molecule has 0 bridgehead atoms. The molecule has 0 aliphatic rings. The van der Waals surface area contributed by atoms with Crippen molar-refractivity contribution in [3.63, 3.8) is 0 Å². The SMILES string of the molecule is CCNC(=NCc1cccc(Cn2cccn2)c1)NCCc1ccccn1. The molecule has 0 radical (unpaired) electrons. The number of aliphatic imine (C=N–C) groups is 1. The molecule has 6 nitrogen and oxygen atoms in total. The molecule has 0 aliphatic heterocycles. The summed E-state index contributed by atoms with van der Waals surface area (Å²) in [4.78, 5) is 9.05. The first-order valence-electron chi connectivity index (χ1n) is 9.31. The summed E-state index contributed by atoms with van der Waals surface area (Å²) in [5, 5.41) is 10.9. The third kappa shape index (κ3) is 6.26. The molecule has 1 aromatic carbocycles. The van der Waals surface area contributed by atoms with Crippen LogP contribution in [0.1, 0.15) is 23.7 Å². The van der Waals surface area contributed by atoms with Gasteiger partial charge >= 0.3 is 0 Å². The summed E-state index contributed by atoms with van der Waals surface area (Å²) in [5.41, 5.74) is 3.48. The van der Waals surface area contributed by atoms with Crippen molar-refractivity contribution in [1.82, 2.24) is 25.4 Å². The number of rotatable bonds is 8. The lowest BCUT2D eigenvalue weighted by Crippen LogP contribution is -2.38. The van der Waals surface area contributed by atoms with Crippen molar-refractivity contribution >= 4 is 5.96 Å². The van der Waals surface area contributed by atoms with Crippen molar-refractivity contribution < 1.29 is 0 Å². The van der Waals surface area contributed by atoms with E-state index in [0.29, 0.717) is 6.54 Å². The van der Waals surface area contributed by atoms with E-state index in [-0.39, 0.29) is 0 Å². The highest BCUT2D eigenvalue weighted by atomic mass is 15.3. The Labute approximate surface area is 160 Å². The van der Waals surface area contributed by atoms with Crippen LogP contribution in [0.25, 0.3) is 0 Å². The van der Waals surface area contributed by atoms with E-state index < -0.39 is 0 Å². The molecule has 27 heavy (non-hydrogen) atoms. The fraction of sp³-hybridized carbons (Fsp3) is 0.286. The summed E-state index contributed by atoms with van der Waals surface area (Å²) in [5.74, 6) is 0.825. The predicted octanol–water partition coefficient (Wildman–Crippen LogP) is 2.62. The van der Waals surface area contributed by atoms with E-state index in [2.05, 4.69) is 51.9 Å². The molecule has 0 fully saturated rings. The fourth-order valence-corrected chi connectivity index (χ4v) is 2.77. The lowest BCUT2D eigenvalue weighted by atomic mass is 10.1.